The molecule has 5 heteroatoms. The average molecular weight is 416 g/mol. The van der Waals surface area contributed by atoms with Gasteiger partial charge in [-0.1, -0.05) is 24.3 Å². The van der Waals surface area contributed by atoms with Gasteiger partial charge in [0, 0.05) is 11.6 Å². The van der Waals surface area contributed by atoms with E-state index < -0.39 is 0 Å². The molecule has 0 amide bonds. The van der Waals surface area contributed by atoms with Crippen LogP contribution in [0, 0.1) is 23.1 Å². The van der Waals surface area contributed by atoms with Crippen LogP contribution in [0.15, 0.2) is 70.5 Å². The van der Waals surface area contributed by atoms with Crippen LogP contribution in [0.3, 0.4) is 0 Å². The van der Waals surface area contributed by atoms with E-state index in [1.165, 1.54) is 41.8 Å². The fourth-order valence-electron chi connectivity index (χ4n) is 4.52. The van der Waals surface area contributed by atoms with Gasteiger partial charge >= 0.3 is 0 Å². The van der Waals surface area contributed by atoms with Crippen LogP contribution < -0.4 is 11.1 Å². The van der Waals surface area contributed by atoms with Crippen molar-refractivity contribution in [2.24, 2.45) is 11.7 Å². The van der Waals surface area contributed by atoms with Crippen LogP contribution >= 0.6 is 11.3 Å². The Hall–Kier alpha value is -3.10. The molecule has 150 valence electrons. The van der Waals surface area contributed by atoms with Gasteiger partial charge in [0.1, 0.15) is 17.7 Å². The molecule has 0 bridgehead atoms. The Bertz CT molecular complexity index is 1240. The highest BCUT2D eigenvalue weighted by Crippen LogP contribution is 2.48. The second-order valence-corrected chi connectivity index (χ2v) is 9.04. The van der Waals surface area contributed by atoms with Crippen LogP contribution in [0.1, 0.15) is 42.4 Å². The summed E-state index contributed by atoms with van der Waals surface area (Å²) in [5.41, 5.74) is 13.2. The van der Waals surface area contributed by atoms with Gasteiger partial charge in [-0.25, -0.2) is 4.39 Å². The first-order valence-electron chi connectivity index (χ1n) is 10.2. The molecule has 1 aromatic heterocycles. The molecule has 30 heavy (non-hydrogen) atoms. The number of hydrogen-bond acceptors (Lipinski definition) is 4. The van der Waals surface area contributed by atoms with E-state index in [0.717, 1.165) is 21.2 Å². The predicted molar refractivity (Wildman–Crippen MR) is 119 cm³/mol. The van der Waals surface area contributed by atoms with Crippen LogP contribution in [0.25, 0.3) is 10.1 Å². The topological polar surface area (TPSA) is 61.8 Å². The lowest BCUT2D eigenvalue weighted by atomic mass is 9.79. The summed E-state index contributed by atoms with van der Waals surface area (Å²) in [6.07, 6.45) is 3.03. The van der Waals surface area contributed by atoms with Crippen molar-refractivity contribution < 1.29 is 4.39 Å². The summed E-state index contributed by atoms with van der Waals surface area (Å²) >= 11 is 1.62. The smallest absolute Gasteiger partial charge is 0.123 e. The number of rotatable bonds is 4. The molecule has 1 unspecified atom stereocenters. The van der Waals surface area contributed by atoms with Crippen molar-refractivity contribution in [1.29, 1.82) is 5.26 Å². The summed E-state index contributed by atoms with van der Waals surface area (Å²) in [5.74, 6) is 1.07. The lowest BCUT2D eigenvalue weighted by Gasteiger charge is -2.32. The van der Waals surface area contributed by atoms with Gasteiger partial charge in [-0.3, -0.25) is 0 Å². The molecular formula is C25H22FN3S. The monoisotopic (exact) mass is 415 g/mol. The lowest BCUT2D eigenvalue weighted by Crippen LogP contribution is -2.32. The van der Waals surface area contributed by atoms with Crippen molar-refractivity contribution in [2.75, 3.05) is 0 Å². The molecule has 2 aromatic carbocycles. The van der Waals surface area contributed by atoms with Crippen molar-refractivity contribution in [3.05, 3.63) is 93.0 Å². The number of nitriles is 1. The number of allylic oxidation sites excluding steroid dienone is 3. The molecule has 1 saturated carbocycles. The minimum atomic E-state index is -0.237. The third-order valence-corrected chi connectivity index (χ3v) is 7.22. The largest absolute Gasteiger partial charge is 0.385 e. The number of benzene rings is 2. The van der Waals surface area contributed by atoms with Crippen LogP contribution in [-0.4, -0.2) is 0 Å². The minimum Gasteiger partial charge on any atom is -0.385 e. The number of hydrogen-bond donors (Lipinski definition) is 2. The number of nitrogens with zero attached hydrogens (tertiary/aromatic N) is 1. The average Bonchev–Trinajstić information content (AvgIpc) is 3.51. The highest BCUT2D eigenvalue weighted by Gasteiger charge is 2.36. The SMILES string of the molecule is CC1=C(C2CC2)NC(N)=C(Cc2ccc(F)cc2)C1c1csc2c(C#N)cccc12. The molecule has 3 N–H and O–H groups in total. The van der Waals surface area contributed by atoms with E-state index in [0.29, 0.717) is 23.7 Å². The van der Waals surface area contributed by atoms with E-state index in [1.807, 2.05) is 24.3 Å². The van der Waals surface area contributed by atoms with E-state index in [1.54, 1.807) is 11.3 Å². The Morgan fingerprint density at radius 2 is 1.97 bits per heavy atom. The number of thiophene rings is 1. The maximum Gasteiger partial charge on any atom is 0.123 e. The van der Waals surface area contributed by atoms with E-state index >= 15 is 0 Å². The van der Waals surface area contributed by atoms with Crippen LogP contribution in [0.5, 0.6) is 0 Å². The van der Waals surface area contributed by atoms with E-state index in [-0.39, 0.29) is 11.7 Å². The van der Waals surface area contributed by atoms with Crippen molar-refractivity contribution >= 4 is 21.4 Å². The second-order valence-electron chi connectivity index (χ2n) is 8.16. The van der Waals surface area contributed by atoms with Crippen LogP contribution in [-0.2, 0) is 6.42 Å². The van der Waals surface area contributed by atoms with Gasteiger partial charge in [0.25, 0.3) is 0 Å². The van der Waals surface area contributed by atoms with E-state index in [4.69, 9.17) is 5.73 Å². The first kappa shape index (κ1) is 18.9. The number of halogens is 1. The van der Waals surface area contributed by atoms with Gasteiger partial charge in [0.2, 0.25) is 0 Å². The fraction of sp³-hybridized carbons (Fsp3) is 0.240. The maximum absolute atomic E-state index is 13.4. The second kappa shape index (κ2) is 7.30. The minimum absolute atomic E-state index is 0.0506. The zero-order chi connectivity index (χ0) is 20.8. The third kappa shape index (κ3) is 3.18. The van der Waals surface area contributed by atoms with E-state index in [9.17, 15) is 9.65 Å². The summed E-state index contributed by atoms with van der Waals surface area (Å²) in [7, 11) is 0. The quantitative estimate of drug-likeness (QED) is 0.575. The molecule has 2 heterocycles. The fourth-order valence-corrected chi connectivity index (χ4v) is 5.58. The lowest BCUT2D eigenvalue weighted by molar-refractivity contribution is 0.627. The van der Waals surface area contributed by atoms with Crippen molar-refractivity contribution in [3.63, 3.8) is 0 Å². The van der Waals surface area contributed by atoms with Gasteiger partial charge in [0.15, 0.2) is 0 Å². The van der Waals surface area contributed by atoms with Crippen molar-refractivity contribution in [1.82, 2.24) is 5.32 Å². The molecule has 3 aromatic rings. The summed E-state index contributed by atoms with van der Waals surface area (Å²) in [4.78, 5) is 0. The van der Waals surface area contributed by atoms with Gasteiger partial charge in [-0.15, -0.1) is 11.3 Å². The summed E-state index contributed by atoms with van der Waals surface area (Å²) in [5, 5.41) is 16.3. The zero-order valence-electron chi connectivity index (χ0n) is 16.7. The number of dihydropyridines is 1. The Morgan fingerprint density at radius 1 is 1.20 bits per heavy atom. The van der Waals surface area contributed by atoms with Crippen molar-refractivity contribution in [3.8, 4) is 6.07 Å². The first-order valence-corrected chi connectivity index (χ1v) is 11.1. The van der Waals surface area contributed by atoms with Crippen LogP contribution in [0.4, 0.5) is 4.39 Å². The maximum atomic E-state index is 13.4. The molecule has 3 nitrogen and oxygen atoms in total. The molecule has 0 radical (unpaired) electrons. The number of nitrogens with two attached hydrogens (primary N) is 1. The number of nitrogens with one attached hydrogen (secondary N) is 1. The molecule has 1 fully saturated rings. The summed E-state index contributed by atoms with van der Waals surface area (Å²) < 4.78 is 14.4. The molecule has 0 saturated heterocycles. The van der Waals surface area contributed by atoms with Crippen LogP contribution in [0.2, 0.25) is 0 Å². The predicted octanol–water partition coefficient (Wildman–Crippen LogP) is 5.70. The molecule has 2 aliphatic rings. The first-order chi connectivity index (χ1) is 14.6. The van der Waals surface area contributed by atoms with Gasteiger partial charge in [0.05, 0.1) is 10.3 Å². The number of fused-ring (bicyclic) bond motifs is 1. The standard InChI is InChI=1S/C25H22FN3S/c1-14-22(21-13-30-24-17(12-27)3-2-4-19(21)24)20(11-15-5-9-18(26)10-6-15)25(28)29-23(14)16-7-8-16/h2-6,9-10,13,16,22,29H,7-8,11,28H2,1H3. The Kier molecular flexibility index (Phi) is 4.60. The normalized spacial score (nSPS) is 19.2. The molecular weight excluding hydrogens is 393 g/mol. The summed E-state index contributed by atoms with van der Waals surface area (Å²) in [6, 6.07) is 14.9. The molecule has 1 aliphatic heterocycles. The van der Waals surface area contributed by atoms with Gasteiger partial charge in [-0.05, 0) is 83.3 Å². The Morgan fingerprint density at radius 3 is 2.67 bits per heavy atom. The zero-order valence-corrected chi connectivity index (χ0v) is 17.5. The third-order valence-electron chi connectivity index (χ3n) is 6.18. The summed E-state index contributed by atoms with van der Waals surface area (Å²) in [6.45, 7) is 2.19. The highest BCUT2D eigenvalue weighted by molar-refractivity contribution is 7.17. The van der Waals surface area contributed by atoms with Gasteiger partial charge < -0.3 is 11.1 Å². The van der Waals surface area contributed by atoms with E-state index in [2.05, 4.69) is 29.8 Å². The molecule has 0 spiro atoms. The molecule has 1 aliphatic carbocycles. The highest BCUT2D eigenvalue weighted by atomic mass is 32.1. The molecule has 5 rings (SSSR count). The van der Waals surface area contributed by atoms with Crippen molar-refractivity contribution in [2.45, 2.75) is 32.1 Å². The van der Waals surface area contributed by atoms with Gasteiger partial charge in [-0.2, -0.15) is 5.26 Å². The Balaban J connectivity index is 1.65. The molecule has 1 atom stereocenters. The Labute approximate surface area is 179 Å².